The van der Waals surface area contributed by atoms with Crippen LogP contribution >= 0.6 is 34.8 Å². The zero-order valence-corrected chi connectivity index (χ0v) is 12.5. The third kappa shape index (κ3) is 2.42. The van der Waals surface area contributed by atoms with Crippen molar-refractivity contribution >= 4 is 34.8 Å². The lowest BCUT2D eigenvalue weighted by atomic mass is 10.0. The van der Waals surface area contributed by atoms with Gasteiger partial charge >= 0.3 is 0 Å². The van der Waals surface area contributed by atoms with Gasteiger partial charge in [0, 0.05) is 27.2 Å². The van der Waals surface area contributed by atoms with Gasteiger partial charge in [0.2, 0.25) is 0 Å². The molecule has 2 aromatic carbocycles. The molecule has 0 saturated carbocycles. The number of ether oxygens (including phenoxy) is 2. The number of hydrogen-bond donors (Lipinski definition) is 1. The van der Waals surface area contributed by atoms with Crippen molar-refractivity contribution in [2.45, 2.75) is 6.29 Å². The lowest BCUT2D eigenvalue weighted by Crippen LogP contribution is -2.27. The topological polar surface area (TPSA) is 44.5 Å². The Bertz CT molecular complexity index is 676. The van der Waals surface area contributed by atoms with E-state index in [1.54, 1.807) is 24.3 Å². The van der Waals surface area contributed by atoms with Gasteiger partial charge < -0.3 is 15.2 Å². The van der Waals surface area contributed by atoms with Crippen molar-refractivity contribution in [3.63, 3.8) is 0 Å². The van der Waals surface area contributed by atoms with E-state index in [4.69, 9.17) is 50.0 Å². The van der Waals surface area contributed by atoms with Gasteiger partial charge in [-0.2, -0.15) is 0 Å². The molecule has 20 heavy (non-hydrogen) atoms. The van der Waals surface area contributed by atoms with Crippen LogP contribution < -0.4 is 15.2 Å². The summed E-state index contributed by atoms with van der Waals surface area (Å²) < 4.78 is 11.2. The Labute approximate surface area is 131 Å². The summed E-state index contributed by atoms with van der Waals surface area (Å²) in [6.45, 7) is 0.250. The average molecular weight is 331 g/mol. The predicted molar refractivity (Wildman–Crippen MR) is 81.0 cm³/mol. The molecule has 104 valence electrons. The highest BCUT2D eigenvalue weighted by Crippen LogP contribution is 2.46. The van der Waals surface area contributed by atoms with Crippen molar-refractivity contribution in [3.8, 4) is 22.6 Å². The van der Waals surface area contributed by atoms with Crippen LogP contribution in [0, 0.1) is 0 Å². The van der Waals surface area contributed by atoms with E-state index < -0.39 is 6.29 Å². The van der Waals surface area contributed by atoms with E-state index >= 15 is 0 Å². The normalized spacial score (nSPS) is 16.5. The monoisotopic (exact) mass is 329 g/mol. The number of nitrogens with two attached hydrogens (primary N) is 1. The molecule has 3 rings (SSSR count). The summed E-state index contributed by atoms with van der Waals surface area (Å²) in [5, 5.41) is 1.61. The second-order valence-electron chi connectivity index (χ2n) is 4.31. The number of halogens is 3. The zero-order chi connectivity index (χ0) is 14.3. The average Bonchev–Trinajstić information content (AvgIpc) is 2.81. The second kappa shape index (κ2) is 5.34. The Kier molecular flexibility index (Phi) is 3.69. The molecule has 2 aromatic rings. The Morgan fingerprint density at radius 1 is 0.950 bits per heavy atom. The first-order valence-electron chi connectivity index (χ1n) is 5.91. The van der Waals surface area contributed by atoms with Crippen molar-refractivity contribution in [3.05, 3.63) is 45.4 Å². The molecule has 0 radical (unpaired) electrons. The van der Waals surface area contributed by atoms with Gasteiger partial charge in [0.05, 0.1) is 11.6 Å². The third-order valence-electron chi connectivity index (χ3n) is 2.94. The van der Waals surface area contributed by atoms with E-state index in [2.05, 4.69) is 0 Å². The number of fused-ring (bicyclic) bond motifs is 1. The Hall–Kier alpha value is -1.13. The molecular formula is C14H10Cl3NO2. The summed E-state index contributed by atoms with van der Waals surface area (Å²) in [4.78, 5) is 0. The van der Waals surface area contributed by atoms with Gasteiger partial charge in [-0.1, -0.05) is 40.9 Å². The number of benzene rings is 2. The summed E-state index contributed by atoms with van der Waals surface area (Å²) in [6.07, 6.45) is -0.506. The van der Waals surface area contributed by atoms with Crippen LogP contribution in [0.25, 0.3) is 11.1 Å². The third-order valence-corrected chi connectivity index (χ3v) is 3.71. The van der Waals surface area contributed by atoms with Crippen LogP contribution in [0.3, 0.4) is 0 Å². The van der Waals surface area contributed by atoms with Gasteiger partial charge in [0.25, 0.3) is 6.29 Å². The van der Waals surface area contributed by atoms with Gasteiger partial charge in [0.1, 0.15) is 0 Å². The van der Waals surface area contributed by atoms with Gasteiger partial charge in [0.15, 0.2) is 11.5 Å². The van der Waals surface area contributed by atoms with E-state index in [0.717, 1.165) is 11.1 Å². The maximum atomic E-state index is 6.24. The van der Waals surface area contributed by atoms with E-state index in [9.17, 15) is 0 Å². The Morgan fingerprint density at radius 3 is 2.45 bits per heavy atom. The van der Waals surface area contributed by atoms with Crippen molar-refractivity contribution in [1.29, 1.82) is 0 Å². The minimum Gasteiger partial charge on any atom is -0.450 e. The molecule has 1 unspecified atom stereocenters. The van der Waals surface area contributed by atoms with Crippen LogP contribution in [0.15, 0.2) is 30.3 Å². The molecule has 2 N–H and O–H groups in total. The summed E-state index contributed by atoms with van der Waals surface area (Å²) in [6, 6.07) is 8.71. The van der Waals surface area contributed by atoms with Crippen molar-refractivity contribution in [2.24, 2.45) is 5.73 Å². The van der Waals surface area contributed by atoms with Crippen molar-refractivity contribution in [1.82, 2.24) is 0 Å². The molecule has 0 amide bonds. The van der Waals surface area contributed by atoms with Crippen LogP contribution in [0.5, 0.6) is 11.5 Å². The highest BCUT2D eigenvalue weighted by atomic mass is 35.5. The van der Waals surface area contributed by atoms with E-state index in [-0.39, 0.29) is 6.54 Å². The van der Waals surface area contributed by atoms with Gasteiger partial charge in [-0.25, -0.2) is 0 Å². The van der Waals surface area contributed by atoms with Gasteiger partial charge in [-0.05, 0) is 18.2 Å². The van der Waals surface area contributed by atoms with E-state index in [1.165, 1.54) is 0 Å². The maximum absolute atomic E-state index is 6.24. The van der Waals surface area contributed by atoms with Gasteiger partial charge in [-0.3, -0.25) is 0 Å². The van der Waals surface area contributed by atoms with Crippen LogP contribution in [-0.2, 0) is 0 Å². The number of hydrogen-bond acceptors (Lipinski definition) is 3. The van der Waals surface area contributed by atoms with Crippen molar-refractivity contribution in [2.75, 3.05) is 6.54 Å². The fraction of sp³-hybridized carbons (Fsp3) is 0.143. The standard InChI is InChI=1S/C14H10Cl3NO2/c15-7-1-2-9(11(17)4-7)10-3-8(16)5-12-14(10)20-13(6-18)19-12/h1-5,13H,6,18H2. The minimum absolute atomic E-state index is 0.250. The highest BCUT2D eigenvalue weighted by Gasteiger charge is 2.27. The summed E-state index contributed by atoms with van der Waals surface area (Å²) >= 11 is 18.3. The summed E-state index contributed by atoms with van der Waals surface area (Å²) in [7, 11) is 0. The van der Waals surface area contributed by atoms with E-state index in [1.807, 2.05) is 6.07 Å². The van der Waals surface area contributed by atoms with Crippen molar-refractivity contribution < 1.29 is 9.47 Å². The SMILES string of the molecule is NCC1Oc2cc(Cl)cc(-c3ccc(Cl)cc3Cl)c2O1. The fourth-order valence-corrected chi connectivity index (χ4v) is 2.80. The van der Waals surface area contributed by atoms with Crippen LogP contribution in [-0.4, -0.2) is 12.8 Å². The molecule has 1 atom stereocenters. The Morgan fingerprint density at radius 2 is 1.75 bits per heavy atom. The fourth-order valence-electron chi connectivity index (χ4n) is 2.08. The molecular weight excluding hydrogens is 321 g/mol. The molecule has 1 aliphatic heterocycles. The first kappa shape index (κ1) is 13.8. The molecule has 1 heterocycles. The smallest absolute Gasteiger partial charge is 0.253 e. The molecule has 6 heteroatoms. The lowest BCUT2D eigenvalue weighted by Gasteiger charge is -2.10. The maximum Gasteiger partial charge on any atom is 0.253 e. The molecule has 3 nitrogen and oxygen atoms in total. The minimum atomic E-state index is -0.506. The zero-order valence-electron chi connectivity index (χ0n) is 10.2. The quantitative estimate of drug-likeness (QED) is 0.889. The molecule has 0 saturated heterocycles. The summed E-state index contributed by atoms with van der Waals surface area (Å²) in [5.41, 5.74) is 7.09. The highest BCUT2D eigenvalue weighted by molar-refractivity contribution is 6.36. The molecule has 0 spiro atoms. The molecule has 1 aliphatic rings. The first-order valence-corrected chi connectivity index (χ1v) is 7.04. The molecule has 0 bridgehead atoms. The second-order valence-corrected chi connectivity index (χ2v) is 5.59. The number of rotatable bonds is 2. The summed E-state index contributed by atoms with van der Waals surface area (Å²) in [5.74, 6) is 1.16. The van der Waals surface area contributed by atoms with Gasteiger partial charge in [-0.15, -0.1) is 0 Å². The van der Waals surface area contributed by atoms with Crippen LogP contribution in [0.2, 0.25) is 15.1 Å². The predicted octanol–water partition coefficient (Wildman–Crippen LogP) is 4.37. The Balaban J connectivity index is 2.15. The van der Waals surface area contributed by atoms with Crippen LogP contribution in [0.1, 0.15) is 0 Å². The first-order chi connectivity index (χ1) is 9.58. The van der Waals surface area contributed by atoms with E-state index in [0.29, 0.717) is 26.6 Å². The molecule has 0 aliphatic carbocycles. The molecule has 0 aromatic heterocycles. The lowest BCUT2D eigenvalue weighted by molar-refractivity contribution is 0.0583. The molecule has 0 fully saturated rings. The largest absolute Gasteiger partial charge is 0.450 e. The van der Waals surface area contributed by atoms with Crippen LogP contribution in [0.4, 0.5) is 0 Å².